The van der Waals surface area contributed by atoms with Crippen LogP contribution in [0.15, 0.2) is 0 Å². The van der Waals surface area contributed by atoms with Crippen LogP contribution < -0.4 is 0 Å². The number of halogens is 1. The average molecular weight is 161 g/mol. The van der Waals surface area contributed by atoms with Gasteiger partial charge in [0.1, 0.15) is 6.67 Å². The van der Waals surface area contributed by atoms with E-state index in [9.17, 15) is 4.39 Å². The molecule has 1 saturated heterocycles. The van der Waals surface area contributed by atoms with Crippen molar-refractivity contribution in [3.63, 3.8) is 0 Å². The standard InChI is InChI=1S/C8H16FNO/c1-11-7-8-3-2-5-10(8)6-4-9/h8H,2-7H2,1H3/t8-/m0/s1. The Bertz CT molecular complexity index is 98.3. The summed E-state index contributed by atoms with van der Waals surface area (Å²) in [5.41, 5.74) is 0. The van der Waals surface area contributed by atoms with E-state index in [1.807, 2.05) is 0 Å². The van der Waals surface area contributed by atoms with Crippen molar-refractivity contribution in [2.24, 2.45) is 0 Å². The number of hydrogen-bond donors (Lipinski definition) is 0. The molecule has 1 rings (SSSR count). The lowest BCUT2D eigenvalue weighted by atomic mass is 10.2. The van der Waals surface area contributed by atoms with Gasteiger partial charge in [0.2, 0.25) is 0 Å². The first-order chi connectivity index (χ1) is 5.38. The van der Waals surface area contributed by atoms with E-state index in [1.165, 1.54) is 6.42 Å². The molecule has 0 N–H and O–H groups in total. The lowest BCUT2D eigenvalue weighted by molar-refractivity contribution is 0.111. The molecular weight excluding hydrogens is 145 g/mol. The Labute approximate surface area is 67.3 Å². The monoisotopic (exact) mass is 161 g/mol. The molecule has 2 nitrogen and oxygen atoms in total. The van der Waals surface area contributed by atoms with Gasteiger partial charge in [-0.25, -0.2) is 4.39 Å². The quantitative estimate of drug-likeness (QED) is 0.611. The number of likely N-dealkylation sites (tertiary alicyclic amines) is 1. The molecule has 0 aromatic rings. The van der Waals surface area contributed by atoms with Crippen LogP contribution in [-0.2, 0) is 4.74 Å². The van der Waals surface area contributed by atoms with Gasteiger partial charge in [-0.1, -0.05) is 0 Å². The molecule has 66 valence electrons. The second-order valence-corrected chi connectivity index (χ2v) is 2.98. The van der Waals surface area contributed by atoms with Gasteiger partial charge in [-0.05, 0) is 19.4 Å². The number of rotatable bonds is 4. The highest BCUT2D eigenvalue weighted by molar-refractivity contribution is 4.78. The molecule has 1 heterocycles. The summed E-state index contributed by atoms with van der Waals surface area (Å²) in [4.78, 5) is 2.17. The third-order valence-corrected chi connectivity index (χ3v) is 2.23. The summed E-state index contributed by atoms with van der Waals surface area (Å²) in [5, 5.41) is 0. The molecular formula is C8H16FNO. The number of hydrogen-bond acceptors (Lipinski definition) is 2. The molecule has 0 spiro atoms. The van der Waals surface area contributed by atoms with E-state index < -0.39 is 0 Å². The first-order valence-electron chi connectivity index (χ1n) is 4.17. The molecule has 0 saturated carbocycles. The summed E-state index contributed by atoms with van der Waals surface area (Å²) in [6, 6.07) is 0.468. The van der Waals surface area contributed by atoms with Crippen LogP contribution in [0.3, 0.4) is 0 Å². The molecule has 3 heteroatoms. The molecule has 1 aliphatic rings. The molecule has 0 unspecified atom stereocenters. The maximum absolute atomic E-state index is 12.0. The first kappa shape index (κ1) is 8.94. The fraction of sp³-hybridized carbons (Fsp3) is 1.00. The first-order valence-corrected chi connectivity index (χ1v) is 4.17. The van der Waals surface area contributed by atoms with Crippen LogP contribution >= 0.6 is 0 Å². The normalized spacial score (nSPS) is 26.2. The van der Waals surface area contributed by atoms with Crippen LogP contribution in [0.4, 0.5) is 4.39 Å². The second-order valence-electron chi connectivity index (χ2n) is 2.98. The lowest BCUT2D eigenvalue weighted by Crippen LogP contribution is -2.34. The van der Waals surface area contributed by atoms with Gasteiger partial charge in [0.05, 0.1) is 6.61 Å². The van der Waals surface area contributed by atoms with E-state index in [0.29, 0.717) is 12.6 Å². The zero-order valence-corrected chi connectivity index (χ0v) is 7.05. The van der Waals surface area contributed by atoms with Crippen LogP contribution in [0.25, 0.3) is 0 Å². The van der Waals surface area contributed by atoms with Crippen molar-refractivity contribution in [2.45, 2.75) is 18.9 Å². The Morgan fingerprint density at radius 1 is 1.64 bits per heavy atom. The third-order valence-electron chi connectivity index (χ3n) is 2.23. The van der Waals surface area contributed by atoms with E-state index in [0.717, 1.165) is 19.6 Å². The van der Waals surface area contributed by atoms with Crippen molar-refractivity contribution >= 4 is 0 Å². The summed E-state index contributed by atoms with van der Waals surface area (Å²) >= 11 is 0. The molecule has 0 aliphatic carbocycles. The van der Waals surface area contributed by atoms with Crippen molar-refractivity contribution in [1.82, 2.24) is 4.90 Å². The third kappa shape index (κ3) is 2.42. The molecule has 11 heavy (non-hydrogen) atoms. The van der Waals surface area contributed by atoms with Crippen LogP contribution in [0.2, 0.25) is 0 Å². The molecule has 1 aliphatic heterocycles. The molecule has 0 radical (unpaired) electrons. The van der Waals surface area contributed by atoms with Gasteiger partial charge in [0.25, 0.3) is 0 Å². The van der Waals surface area contributed by atoms with Crippen LogP contribution in [-0.4, -0.2) is 44.4 Å². The predicted octanol–water partition coefficient (Wildman–Crippen LogP) is 1.07. The highest BCUT2D eigenvalue weighted by atomic mass is 19.1. The van der Waals surface area contributed by atoms with Crippen molar-refractivity contribution in [3.05, 3.63) is 0 Å². The minimum atomic E-state index is -0.236. The summed E-state index contributed by atoms with van der Waals surface area (Å²) in [6.45, 7) is 2.13. The molecule has 0 amide bonds. The van der Waals surface area contributed by atoms with Gasteiger partial charge >= 0.3 is 0 Å². The smallest absolute Gasteiger partial charge is 0.102 e. The topological polar surface area (TPSA) is 12.5 Å². The van der Waals surface area contributed by atoms with Crippen molar-refractivity contribution < 1.29 is 9.13 Å². The second kappa shape index (κ2) is 4.67. The summed E-state index contributed by atoms with van der Waals surface area (Å²) in [5.74, 6) is 0. The SMILES string of the molecule is COC[C@@H]1CCCN1CCF. The number of methoxy groups -OCH3 is 1. The highest BCUT2D eigenvalue weighted by Crippen LogP contribution is 2.16. The Kier molecular flexibility index (Phi) is 3.80. The molecule has 0 aromatic heterocycles. The number of alkyl halides is 1. The zero-order chi connectivity index (χ0) is 8.10. The van der Waals surface area contributed by atoms with Crippen LogP contribution in [0, 0.1) is 0 Å². The molecule has 0 bridgehead atoms. The maximum atomic E-state index is 12.0. The maximum Gasteiger partial charge on any atom is 0.102 e. The summed E-state index contributed by atoms with van der Waals surface area (Å²) in [6.07, 6.45) is 2.35. The Morgan fingerprint density at radius 3 is 3.09 bits per heavy atom. The van der Waals surface area contributed by atoms with Crippen molar-refractivity contribution in [1.29, 1.82) is 0 Å². The molecule has 1 atom stereocenters. The van der Waals surface area contributed by atoms with E-state index in [-0.39, 0.29) is 6.67 Å². The fourth-order valence-corrected chi connectivity index (χ4v) is 1.68. The minimum absolute atomic E-state index is 0.236. The zero-order valence-electron chi connectivity index (χ0n) is 7.05. The van der Waals surface area contributed by atoms with Gasteiger partial charge in [-0.15, -0.1) is 0 Å². The van der Waals surface area contributed by atoms with Crippen LogP contribution in [0.5, 0.6) is 0 Å². The summed E-state index contributed by atoms with van der Waals surface area (Å²) in [7, 11) is 1.70. The van der Waals surface area contributed by atoms with Crippen LogP contribution in [0.1, 0.15) is 12.8 Å². The number of ether oxygens (including phenoxy) is 1. The highest BCUT2D eigenvalue weighted by Gasteiger charge is 2.23. The fourth-order valence-electron chi connectivity index (χ4n) is 1.68. The van der Waals surface area contributed by atoms with Gasteiger partial charge in [0.15, 0.2) is 0 Å². The van der Waals surface area contributed by atoms with Gasteiger partial charge in [-0.2, -0.15) is 0 Å². The van der Waals surface area contributed by atoms with Gasteiger partial charge in [-0.3, -0.25) is 4.90 Å². The van der Waals surface area contributed by atoms with Crippen molar-refractivity contribution in [3.8, 4) is 0 Å². The molecule has 1 fully saturated rings. The van der Waals surface area contributed by atoms with Crippen molar-refractivity contribution in [2.75, 3.05) is 33.5 Å². The Hall–Kier alpha value is -0.150. The lowest BCUT2D eigenvalue weighted by Gasteiger charge is -2.21. The Balaban J connectivity index is 2.25. The molecule has 0 aromatic carbocycles. The largest absolute Gasteiger partial charge is 0.383 e. The van der Waals surface area contributed by atoms with Gasteiger partial charge < -0.3 is 4.74 Å². The number of nitrogens with zero attached hydrogens (tertiary/aromatic N) is 1. The van der Waals surface area contributed by atoms with E-state index in [2.05, 4.69) is 4.90 Å². The average Bonchev–Trinajstić information content (AvgIpc) is 2.39. The van der Waals surface area contributed by atoms with E-state index in [1.54, 1.807) is 7.11 Å². The van der Waals surface area contributed by atoms with E-state index in [4.69, 9.17) is 4.74 Å². The van der Waals surface area contributed by atoms with Gasteiger partial charge in [0, 0.05) is 19.7 Å². The summed E-state index contributed by atoms with van der Waals surface area (Å²) < 4.78 is 17.0. The Morgan fingerprint density at radius 2 is 2.45 bits per heavy atom. The predicted molar refractivity (Wildman–Crippen MR) is 42.4 cm³/mol. The minimum Gasteiger partial charge on any atom is -0.383 e. The van der Waals surface area contributed by atoms with E-state index >= 15 is 0 Å².